The highest BCUT2D eigenvalue weighted by molar-refractivity contribution is 6.61. The quantitative estimate of drug-likeness (QED) is 0.603. The van der Waals surface area contributed by atoms with Gasteiger partial charge in [-0.05, 0) is 36.8 Å². The van der Waals surface area contributed by atoms with Gasteiger partial charge in [0.15, 0.2) is 0 Å². The lowest BCUT2D eigenvalue weighted by Gasteiger charge is -2.16. The normalized spacial score (nSPS) is 10.6. The smallest absolute Gasteiger partial charge is 0.496 e. The van der Waals surface area contributed by atoms with Crippen LogP contribution in [0.2, 0.25) is 0 Å². The molecule has 0 fully saturated rings. The second kappa shape index (κ2) is 7.46. The van der Waals surface area contributed by atoms with Crippen LogP contribution in [-0.2, 0) is 6.61 Å². The molecule has 0 aliphatic heterocycles. The Morgan fingerprint density at radius 2 is 1.72 bits per heavy atom. The molecule has 0 radical (unpaired) electrons. The van der Waals surface area contributed by atoms with Crippen LogP contribution < -0.4 is 14.9 Å². The van der Waals surface area contributed by atoms with Crippen LogP contribution in [0, 0.1) is 6.92 Å². The van der Waals surface area contributed by atoms with E-state index < -0.39 is 7.12 Å². The highest BCUT2D eigenvalue weighted by atomic mass is 16.5. The maximum Gasteiger partial charge on any atom is 0.496 e. The van der Waals surface area contributed by atoms with Gasteiger partial charge in [0.25, 0.3) is 0 Å². The van der Waals surface area contributed by atoms with E-state index in [9.17, 15) is 10.0 Å². The van der Waals surface area contributed by atoms with Crippen molar-refractivity contribution in [3.63, 3.8) is 0 Å². The van der Waals surface area contributed by atoms with Gasteiger partial charge in [-0.1, -0.05) is 30.3 Å². The molecule has 0 aliphatic rings. The Hall–Kier alpha value is -2.70. The molecule has 6 heteroatoms. The zero-order valence-electron chi connectivity index (χ0n) is 14.2. The summed E-state index contributed by atoms with van der Waals surface area (Å²) in [6, 6.07) is 17.2. The van der Waals surface area contributed by atoms with Gasteiger partial charge in [0, 0.05) is 17.0 Å². The number of aryl methyl sites for hydroxylation is 1. The number of ether oxygens (including phenoxy) is 2. The summed E-state index contributed by atoms with van der Waals surface area (Å²) < 4.78 is 11.2. The largest absolute Gasteiger partial charge is 0.497 e. The van der Waals surface area contributed by atoms with Crippen molar-refractivity contribution in [1.82, 2.24) is 4.98 Å². The third-order valence-corrected chi connectivity index (χ3v) is 3.96. The van der Waals surface area contributed by atoms with Crippen molar-refractivity contribution >= 4 is 12.6 Å². The first-order chi connectivity index (χ1) is 12.1. The van der Waals surface area contributed by atoms with E-state index in [2.05, 4.69) is 4.98 Å². The zero-order chi connectivity index (χ0) is 17.8. The van der Waals surface area contributed by atoms with Gasteiger partial charge in [0.1, 0.15) is 18.1 Å². The van der Waals surface area contributed by atoms with Crippen molar-refractivity contribution in [3.8, 4) is 22.8 Å². The van der Waals surface area contributed by atoms with Crippen LogP contribution in [0.25, 0.3) is 11.3 Å². The summed E-state index contributed by atoms with van der Waals surface area (Å²) in [4.78, 5) is 3.26. The lowest BCUT2D eigenvalue weighted by Crippen LogP contribution is -2.33. The van der Waals surface area contributed by atoms with Gasteiger partial charge in [0.05, 0.1) is 12.6 Å². The number of methoxy groups -OCH3 is 1. The molecule has 0 bridgehead atoms. The van der Waals surface area contributed by atoms with E-state index in [4.69, 9.17) is 9.47 Å². The Morgan fingerprint density at radius 1 is 1.00 bits per heavy atom. The Labute approximate surface area is 147 Å². The summed E-state index contributed by atoms with van der Waals surface area (Å²) in [5.74, 6) is 0.739. The van der Waals surface area contributed by atoms with Gasteiger partial charge in [-0.3, -0.25) is 0 Å². The minimum Gasteiger partial charge on any atom is -0.497 e. The Bertz CT molecular complexity index is 846. The van der Waals surface area contributed by atoms with E-state index in [-0.39, 0.29) is 5.46 Å². The number of aromatic nitrogens is 1. The molecule has 25 heavy (non-hydrogen) atoms. The molecule has 3 rings (SSSR count). The summed E-state index contributed by atoms with van der Waals surface area (Å²) in [5, 5.41) is 19.5. The molecule has 3 N–H and O–H groups in total. The Balaban J connectivity index is 2.00. The maximum atomic E-state index is 9.77. The second-order valence-corrected chi connectivity index (χ2v) is 5.79. The fraction of sp³-hybridized carbons (Fsp3) is 0.158. The predicted octanol–water partition coefficient (Wildman–Crippen LogP) is 2.26. The van der Waals surface area contributed by atoms with E-state index in [0.29, 0.717) is 18.1 Å². The van der Waals surface area contributed by atoms with Crippen molar-refractivity contribution in [1.29, 1.82) is 0 Å². The average Bonchev–Trinajstić information content (AvgIpc) is 3.06. The molecule has 1 aromatic heterocycles. The monoisotopic (exact) mass is 337 g/mol. The molecule has 0 saturated heterocycles. The van der Waals surface area contributed by atoms with E-state index in [0.717, 1.165) is 22.5 Å². The summed E-state index contributed by atoms with van der Waals surface area (Å²) in [6.45, 7) is 2.29. The van der Waals surface area contributed by atoms with Crippen molar-refractivity contribution in [3.05, 3.63) is 65.9 Å². The number of hydrogen-bond acceptors (Lipinski definition) is 4. The molecule has 0 atom stereocenters. The Morgan fingerprint density at radius 3 is 2.32 bits per heavy atom. The van der Waals surface area contributed by atoms with Crippen molar-refractivity contribution in [2.24, 2.45) is 0 Å². The van der Waals surface area contributed by atoms with Crippen molar-refractivity contribution in [2.75, 3.05) is 7.11 Å². The molecule has 5 nitrogen and oxygen atoms in total. The lowest BCUT2D eigenvalue weighted by molar-refractivity contribution is 0.304. The van der Waals surface area contributed by atoms with Gasteiger partial charge < -0.3 is 24.5 Å². The third-order valence-electron chi connectivity index (χ3n) is 3.96. The predicted molar refractivity (Wildman–Crippen MR) is 98.1 cm³/mol. The summed E-state index contributed by atoms with van der Waals surface area (Å²) >= 11 is 0. The SMILES string of the molecule is COc1cc(-c2ccc(C)[nH]2)cc(OCc2ccccc2)c1B(O)O. The van der Waals surface area contributed by atoms with Gasteiger partial charge in [-0.2, -0.15) is 0 Å². The first-order valence-corrected chi connectivity index (χ1v) is 7.99. The highest BCUT2D eigenvalue weighted by Gasteiger charge is 2.24. The van der Waals surface area contributed by atoms with Crippen LogP contribution in [0.1, 0.15) is 11.3 Å². The Kier molecular flexibility index (Phi) is 5.12. The van der Waals surface area contributed by atoms with Crippen LogP contribution in [0.4, 0.5) is 0 Å². The fourth-order valence-corrected chi connectivity index (χ4v) is 2.71. The molecule has 0 amide bonds. The minimum atomic E-state index is -1.69. The van der Waals surface area contributed by atoms with Crippen molar-refractivity contribution < 1.29 is 19.5 Å². The standard InChI is InChI=1S/C19H20BNO4/c1-13-8-9-16(21-13)15-10-17(24-2)19(20(22)23)18(11-15)25-12-14-6-4-3-5-7-14/h3-11,21-23H,12H2,1-2H3. The van der Waals surface area contributed by atoms with Crippen LogP contribution in [0.5, 0.6) is 11.5 Å². The molecule has 3 aromatic rings. The first-order valence-electron chi connectivity index (χ1n) is 7.99. The lowest BCUT2D eigenvalue weighted by atomic mass is 9.78. The maximum absolute atomic E-state index is 9.77. The molecular formula is C19H20BNO4. The summed E-state index contributed by atoms with van der Waals surface area (Å²) in [6.07, 6.45) is 0. The molecule has 0 unspecified atom stereocenters. The van der Waals surface area contributed by atoms with E-state index in [1.165, 1.54) is 7.11 Å². The molecular weight excluding hydrogens is 317 g/mol. The van der Waals surface area contributed by atoms with Crippen LogP contribution in [0.3, 0.4) is 0 Å². The molecule has 2 aromatic carbocycles. The first kappa shape index (κ1) is 17.1. The van der Waals surface area contributed by atoms with Gasteiger partial charge in [-0.15, -0.1) is 0 Å². The topological polar surface area (TPSA) is 74.7 Å². The van der Waals surface area contributed by atoms with E-state index in [1.54, 1.807) is 12.1 Å². The number of nitrogens with one attached hydrogen (secondary N) is 1. The number of benzene rings is 2. The zero-order valence-corrected chi connectivity index (χ0v) is 14.2. The van der Waals surface area contributed by atoms with E-state index in [1.807, 2.05) is 49.4 Å². The average molecular weight is 337 g/mol. The number of aromatic amines is 1. The third kappa shape index (κ3) is 3.87. The fourth-order valence-electron chi connectivity index (χ4n) is 2.71. The number of H-pyrrole nitrogens is 1. The van der Waals surface area contributed by atoms with Gasteiger partial charge in [-0.25, -0.2) is 0 Å². The van der Waals surface area contributed by atoms with E-state index >= 15 is 0 Å². The van der Waals surface area contributed by atoms with Crippen LogP contribution in [-0.4, -0.2) is 29.3 Å². The van der Waals surface area contributed by atoms with Crippen molar-refractivity contribution in [2.45, 2.75) is 13.5 Å². The van der Waals surface area contributed by atoms with Gasteiger partial charge in [0.2, 0.25) is 0 Å². The number of hydrogen-bond donors (Lipinski definition) is 3. The highest BCUT2D eigenvalue weighted by Crippen LogP contribution is 2.28. The summed E-state index contributed by atoms with van der Waals surface area (Å²) in [7, 11) is -0.202. The minimum absolute atomic E-state index is 0.213. The molecule has 0 saturated carbocycles. The molecule has 0 spiro atoms. The summed E-state index contributed by atoms with van der Waals surface area (Å²) in [5.41, 5.74) is 3.98. The second-order valence-electron chi connectivity index (χ2n) is 5.79. The van der Waals surface area contributed by atoms with Gasteiger partial charge >= 0.3 is 7.12 Å². The molecule has 0 aliphatic carbocycles. The molecule has 1 heterocycles. The van der Waals surface area contributed by atoms with Crippen LogP contribution >= 0.6 is 0 Å². The van der Waals surface area contributed by atoms with Crippen LogP contribution in [0.15, 0.2) is 54.6 Å². The number of rotatable bonds is 6. The molecule has 128 valence electrons.